The Morgan fingerprint density at radius 1 is 1.05 bits per heavy atom. The topological polar surface area (TPSA) is 17.1 Å². The summed E-state index contributed by atoms with van der Waals surface area (Å²) in [7, 11) is 0. The minimum atomic E-state index is -0.897. The second kappa shape index (κ2) is 5.16. The molecule has 1 saturated carbocycles. The first-order chi connectivity index (χ1) is 9.65. The maximum absolute atomic E-state index is 13.1. The van der Waals surface area contributed by atoms with Gasteiger partial charge in [0.15, 0.2) is 11.6 Å². The number of hydrogen-bond donors (Lipinski definition) is 0. The van der Waals surface area contributed by atoms with Gasteiger partial charge in [0.05, 0.1) is 0 Å². The lowest BCUT2D eigenvalue weighted by Gasteiger charge is -2.02. The zero-order valence-electron chi connectivity index (χ0n) is 10.9. The minimum absolute atomic E-state index is 0.0190. The lowest BCUT2D eigenvalue weighted by Crippen LogP contribution is -2.07. The average Bonchev–Trinajstić information content (AvgIpc) is 3.24. The highest BCUT2D eigenvalue weighted by Gasteiger charge is 2.43. The van der Waals surface area contributed by atoms with Gasteiger partial charge in [-0.3, -0.25) is 4.79 Å². The van der Waals surface area contributed by atoms with Crippen molar-refractivity contribution in [2.24, 2.45) is 5.92 Å². The Labute approximate surface area is 116 Å². The van der Waals surface area contributed by atoms with E-state index in [0.29, 0.717) is 5.56 Å². The number of rotatable bonds is 4. The van der Waals surface area contributed by atoms with Gasteiger partial charge in [-0.25, -0.2) is 8.78 Å². The highest BCUT2D eigenvalue weighted by atomic mass is 19.2. The van der Waals surface area contributed by atoms with Crippen LogP contribution in [-0.2, 0) is 11.2 Å². The van der Waals surface area contributed by atoms with Crippen molar-refractivity contribution < 1.29 is 13.6 Å². The van der Waals surface area contributed by atoms with Crippen molar-refractivity contribution in [3.63, 3.8) is 0 Å². The van der Waals surface area contributed by atoms with E-state index in [-0.39, 0.29) is 24.0 Å². The Balaban J connectivity index is 1.65. The fourth-order valence-electron chi connectivity index (χ4n) is 2.60. The fraction of sp³-hybridized carbons (Fsp3) is 0.235. The highest BCUT2D eigenvalue weighted by Crippen LogP contribution is 2.48. The van der Waals surface area contributed by atoms with Gasteiger partial charge in [-0.05, 0) is 35.6 Å². The summed E-state index contributed by atoms with van der Waals surface area (Å²) >= 11 is 0. The molecule has 20 heavy (non-hydrogen) atoms. The molecule has 3 rings (SSSR count). The van der Waals surface area contributed by atoms with E-state index in [1.165, 1.54) is 11.6 Å². The van der Waals surface area contributed by atoms with Gasteiger partial charge in [-0.1, -0.05) is 36.4 Å². The molecule has 0 heterocycles. The molecule has 0 saturated heterocycles. The van der Waals surface area contributed by atoms with E-state index in [9.17, 15) is 13.6 Å². The molecule has 2 atom stereocenters. The maximum atomic E-state index is 13.1. The zero-order valence-corrected chi connectivity index (χ0v) is 10.9. The number of ketones is 1. The molecule has 1 aliphatic rings. The monoisotopic (exact) mass is 272 g/mol. The second-order valence-corrected chi connectivity index (χ2v) is 5.25. The number of Topliss-reactive ketones (excluding diaryl/α,β-unsaturated/α-hetero) is 1. The molecule has 0 bridgehead atoms. The zero-order chi connectivity index (χ0) is 14.1. The molecule has 1 aliphatic carbocycles. The summed E-state index contributed by atoms with van der Waals surface area (Å²) in [6.45, 7) is 0. The largest absolute Gasteiger partial charge is 0.299 e. The number of benzene rings is 2. The van der Waals surface area contributed by atoms with E-state index >= 15 is 0 Å². The van der Waals surface area contributed by atoms with Gasteiger partial charge in [0.1, 0.15) is 5.78 Å². The lowest BCUT2D eigenvalue weighted by atomic mass is 10.0. The lowest BCUT2D eigenvalue weighted by molar-refractivity contribution is -0.119. The molecule has 0 amide bonds. The maximum Gasteiger partial charge on any atom is 0.159 e. The third kappa shape index (κ3) is 2.62. The number of carbonyl (C=O) groups excluding carboxylic acids is 1. The molecule has 1 fully saturated rings. The van der Waals surface area contributed by atoms with Crippen LogP contribution in [0.3, 0.4) is 0 Å². The normalized spacial score (nSPS) is 20.7. The molecule has 0 aliphatic heterocycles. The minimum Gasteiger partial charge on any atom is -0.299 e. The van der Waals surface area contributed by atoms with Crippen LogP contribution < -0.4 is 0 Å². The summed E-state index contributed by atoms with van der Waals surface area (Å²) in [5.41, 5.74) is 1.71. The van der Waals surface area contributed by atoms with Gasteiger partial charge in [-0.2, -0.15) is 0 Å². The summed E-state index contributed by atoms with van der Waals surface area (Å²) in [6.07, 6.45) is 1.03. The van der Waals surface area contributed by atoms with Crippen molar-refractivity contribution in [3.8, 4) is 0 Å². The Morgan fingerprint density at radius 2 is 1.80 bits per heavy atom. The van der Waals surface area contributed by atoms with Crippen molar-refractivity contribution in [2.75, 3.05) is 0 Å². The van der Waals surface area contributed by atoms with Crippen LogP contribution >= 0.6 is 0 Å². The van der Waals surface area contributed by atoms with Crippen molar-refractivity contribution in [1.29, 1.82) is 0 Å². The van der Waals surface area contributed by atoms with Crippen LogP contribution in [0.1, 0.15) is 23.5 Å². The summed E-state index contributed by atoms with van der Waals surface area (Å²) < 4.78 is 25.9. The number of hydrogen-bond acceptors (Lipinski definition) is 1. The van der Waals surface area contributed by atoms with E-state index in [1.807, 2.05) is 30.3 Å². The van der Waals surface area contributed by atoms with E-state index < -0.39 is 11.6 Å². The predicted molar refractivity (Wildman–Crippen MR) is 72.4 cm³/mol. The third-order valence-corrected chi connectivity index (χ3v) is 3.79. The van der Waals surface area contributed by atoms with Crippen molar-refractivity contribution in [1.82, 2.24) is 0 Å². The van der Waals surface area contributed by atoms with Gasteiger partial charge >= 0.3 is 0 Å². The molecule has 0 unspecified atom stereocenters. The average molecular weight is 272 g/mol. The third-order valence-electron chi connectivity index (χ3n) is 3.79. The van der Waals surface area contributed by atoms with Crippen LogP contribution in [0.4, 0.5) is 8.78 Å². The Bertz CT molecular complexity index is 637. The Hall–Kier alpha value is -2.03. The van der Waals surface area contributed by atoms with Gasteiger partial charge in [0, 0.05) is 12.3 Å². The van der Waals surface area contributed by atoms with Gasteiger partial charge in [0.2, 0.25) is 0 Å². The first-order valence-electron chi connectivity index (χ1n) is 6.67. The summed E-state index contributed by atoms with van der Waals surface area (Å²) in [6, 6.07) is 13.6. The van der Waals surface area contributed by atoms with Crippen LogP contribution in [0.15, 0.2) is 48.5 Å². The fourth-order valence-corrected chi connectivity index (χ4v) is 2.60. The quantitative estimate of drug-likeness (QED) is 0.825. The number of carbonyl (C=O) groups is 1. The summed E-state index contributed by atoms with van der Waals surface area (Å²) in [4.78, 5) is 12.1. The predicted octanol–water partition coefficient (Wildman–Crippen LogP) is 3.88. The van der Waals surface area contributed by atoms with E-state index in [2.05, 4.69) is 0 Å². The van der Waals surface area contributed by atoms with Crippen LogP contribution in [0.5, 0.6) is 0 Å². The SMILES string of the molecule is O=C(Cc1ccc(F)c(F)c1)[C@H]1C[C@@H]1c1ccccc1. The Kier molecular flexibility index (Phi) is 3.35. The first-order valence-corrected chi connectivity index (χ1v) is 6.67. The van der Waals surface area contributed by atoms with Crippen molar-refractivity contribution in [2.45, 2.75) is 18.8 Å². The molecule has 102 valence electrons. The summed E-state index contributed by atoms with van der Waals surface area (Å²) in [5, 5.41) is 0. The van der Waals surface area contributed by atoms with Crippen LogP contribution in [-0.4, -0.2) is 5.78 Å². The van der Waals surface area contributed by atoms with Gasteiger partial charge < -0.3 is 0 Å². The second-order valence-electron chi connectivity index (χ2n) is 5.25. The molecule has 3 heteroatoms. The van der Waals surface area contributed by atoms with Gasteiger partial charge in [0.25, 0.3) is 0 Å². The molecule has 0 aromatic heterocycles. The van der Waals surface area contributed by atoms with Crippen LogP contribution in [0.2, 0.25) is 0 Å². The van der Waals surface area contributed by atoms with E-state index in [0.717, 1.165) is 18.6 Å². The smallest absolute Gasteiger partial charge is 0.159 e. The van der Waals surface area contributed by atoms with Crippen LogP contribution in [0.25, 0.3) is 0 Å². The summed E-state index contributed by atoms with van der Waals surface area (Å²) in [5.74, 6) is -1.37. The standard InChI is InChI=1S/C17H14F2O/c18-15-7-6-11(8-16(15)19)9-17(20)14-10-13(14)12-4-2-1-3-5-12/h1-8,13-14H,9-10H2/t13-,14+/m1/s1. The van der Waals surface area contributed by atoms with Crippen LogP contribution in [0, 0.1) is 17.6 Å². The molecular formula is C17H14F2O. The molecule has 0 radical (unpaired) electrons. The molecule has 2 aromatic rings. The van der Waals surface area contributed by atoms with E-state index in [1.54, 1.807) is 0 Å². The highest BCUT2D eigenvalue weighted by molar-refractivity contribution is 5.86. The molecule has 0 spiro atoms. The van der Waals surface area contributed by atoms with E-state index in [4.69, 9.17) is 0 Å². The molecule has 1 nitrogen and oxygen atoms in total. The van der Waals surface area contributed by atoms with Crippen molar-refractivity contribution >= 4 is 5.78 Å². The van der Waals surface area contributed by atoms with Crippen molar-refractivity contribution in [3.05, 3.63) is 71.3 Å². The first kappa shape index (κ1) is 13.0. The number of halogens is 2. The Morgan fingerprint density at radius 3 is 2.50 bits per heavy atom. The molecule has 0 N–H and O–H groups in total. The molecule has 2 aromatic carbocycles. The van der Waals surface area contributed by atoms with Gasteiger partial charge in [-0.15, -0.1) is 0 Å². The molecular weight excluding hydrogens is 258 g/mol.